The van der Waals surface area contributed by atoms with Gasteiger partial charge in [-0.25, -0.2) is 0 Å². The third kappa shape index (κ3) is 3.45. The summed E-state index contributed by atoms with van der Waals surface area (Å²) in [6, 6.07) is 0.570. The summed E-state index contributed by atoms with van der Waals surface area (Å²) < 4.78 is 12.5. The van der Waals surface area contributed by atoms with E-state index in [1.165, 1.54) is 6.42 Å². The average Bonchev–Trinajstić information content (AvgIpc) is 2.43. The van der Waals surface area contributed by atoms with Crippen molar-refractivity contribution in [3.8, 4) is 0 Å². The highest BCUT2D eigenvalue weighted by Gasteiger charge is 2.39. The minimum Gasteiger partial charge on any atom is -0.311 e. The van der Waals surface area contributed by atoms with E-state index < -0.39 is 0 Å². The fraction of sp³-hybridized carbons (Fsp3) is 1.00. The van der Waals surface area contributed by atoms with Crippen molar-refractivity contribution in [3.05, 3.63) is 0 Å². The zero-order valence-corrected chi connectivity index (χ0v) is 12.6. The van der Waals surface area contributed by atoms with Gasteiger partial charge in [0.05, 0.1) is 6.67 Å². The van der Waals surface area contributed by atoms with Gasteiger partial charge in [0, 0.05) is 31.2 Å². The van der Waals surface area contributed by atoms with Crippen LogP contribution in [0.4, 0.5) is 4.39 Å². The Kier molecular flexibility index (Phi) is 6.58. The molecule has 3 heteroatoms. The lowest BCUT2D eigenvalue weighted by molar-refractivity contribution is 0.0183. The highest BCUT2D eigenvalue weighted by atomic mass is 19.1. The molecular weight excluding hydrogens is 227 g/mol. The van der Waals surface area contributed by atoms with Gasteiger partial charge in [0.2, 0.25) is 0 Å². The smallest absolute Gasteiger partial charge is 0.0906 e. The number of piperazine rings is 1. The lowest BCUT2D eigenvalue weighted by atomic mass is 9.84. The van der Waals surface area contributed by atoms with Crippen molar-refractivity contribution >= 4 is 0 Å². The fourth-order valence-electron chi connectivity index (χ4n) is 3.12. The zero-order chi connectivity index (χ0) is 13.6. The van der Waals surface area contributed by atoms with Crippen molar-refractivity contribution < 1.29 is 4.39 Å². The molecule has 0 aliphatic carbocycles. The molecule has 1 fully saturated rings. The normalized spacial score (nSPS) is 26.2. The van der Waals surface area contributed by atoms with Crippen LogP contribution in [0.5, 0.6) is 0 Å². The van der Waals surface area contributed by atoms with Gasteiger partial charge in [-0.2, -0.15) is 0 Å². The van der Waals surface area contributed by atoms with Gasteiger partial charge in [0.25, 0.3) is 0 Å². The SMILES string of the molecule is CCC(C)C1CN(CCCF)C(CC)(CC)CN1. The van der Waals surface area contributed by atoms with Gasteiger partial charge in [0.1, 0.15) is 0 Å². The summed E-state index contributed by atoms with van der Waals surface area (Å²) in [6.07, 6.45) is 4.18. The number of rotatable bonds is 7. The molecule has 18 heavy (non-hydrogen) atoms. The monoisotopic (exact) mass is 258 g/mol. The maximum Gasteiger partial charge on any atom is 0.0906 e. The Bertz CT molecular complexity index is 229. The molecule has 0 radical (unpaired) electrons. The van der Waals surface area contributed by atoms with Crippen molar-refractivity contribution in [3.63, 3.8) is 0 Å². The molecule has 0 aromatic carbocycles. The number of alkyl halides is 1. The second-order valence-corrected chi connectivity index (χ2v) is 5.79. The van der Waals surface area contributed by atoms with Gasteiger partial charge in [-0.15, -0.1) is 0 Å². The fourth-order valence-corrected chi connectivity index (χ4v) is 3.12. The highest BCUT2D eigenvalue weighted by molar-refractivity contribution is 4.98. The van der Waals surface area contributed by atoms with Gasteiger partial charge >= 0.3 is 0 Å². The average molecular weight is 258 g/mol. The van der Waals surface area contributed by atoms with Crippen molar-refractivity contribution in [1.82, 2.24) is 10.2 Å². The number of hydrogen-bond acceptors (Lipinski definition) is 2. The standard InChI is InChI=1S/C15H31FN2/c1-5-13(4)14-11-18(10-8-9-16)15(6-2,7-3)12-17-14/h13-14,17H,5-12H2,1-4H3. The number of nitrogens with zero attached hydrogens (tertiary/aromatic N) is 1. The van der Waals surface area contributed by atoms with E-state index in [0.29, 0.717) is 18.4 Å². The maximum atomic E-state index is 12.5. The first kappa shape index (κ1) is 15.9. The van der Waals surface area contributed by atoms with Gasteiger partial charge in [-0.1, -0.05) is 34.1 Å². The van der Waals surface area contributed by atoms with Crippen molar-refractivity contribution in [2.24, 2.45) is 5.92 Å². The molecule has 1 N–H and O–H groups in total. The van der Waals surface area contributed by atoms with Crippen molar-refractivity contribution in [2.75, 3.05) is 26.3 Å². The molecule has 108 valence electrons. The molecule has 0 aromatic rings. The lowest BCUT2D eigenvalue weighted by Gasteiger charge is -2.51. The Hall–Kier alpha value is -0.150. The van der Waals surface area contributed by atoms with Gasteiger partial charge in [-0.3, -0.25) is 9.29 Å². The summed E-state index contributed by atoms with van der Waals surface area (Å²) in [6.45, 7) is 11.9. The highest BCUT2D eigenvalue weighted by Crippen LogP contribution is 2.29. The molecule has 0 saturated carbocycles. The summed E-state index contributed by atoms with van der Waals surface area (Å²) in [5.74, 6) is 0.699. The molecule has 1 rings (SSSR count). The van der Waals surface area contributed by atoms with Crippen LogP contribution < -0.4 is 5.32 Å². The second-order valence-electron chi connectivity index (χ2n) is 5.79. The van der Waals surface area contributed by atoms with Crippen LogP contribution >= 0.6 is 0 Å². The van der Waals surface area contributed by atoms with E-state index in [1.54, 1.807) is 0 Å². The molecule has 1 aliphatic heterocycles. The van der Waals surface area contributed by atoms with E-state index in [1.807, 2.05) is 0 Å². The molecule has 0 amide bonds. The van der Waals surface area contributed by atoms with E-state index in [9.17, 15) is 4.39 Å². The lowest BCUT2D eigenvalue weighted by Crippen LogP contribution is -2.65. The predicted molar refractivity (Wildman–Crippen MR) is 76.7 cm³/mol. The van der Waals surface area contributed by atoms with Crippen LogP contribution in [0.3, 0.4) is 0 Å². The van der Waals surface area contributed by atoms with Crippen LogP contribution in [0.1, 0.15) is 53.4 Å². The molecule has 0 bridgehead atoms. The molecule has 2 atom stereocenters. The second kappa shape index (κ2) is 7.44. The summed E-state index contributed by atoms with van der Waals surface area (Å²) in [4.78, 5) is 2.56. The Morgan fingerprint density at radius 2 is 2.00 bits per heavy atom. The van der Waals surface area contributed by atoms with Gasteiger partial charge in [-0.05, 0) is 25.2 Å². The van der Waals surface area contributed by atoms with Gasteiger partial charge < -0.3 is 5.32 Å². The summed E-state index contributed by atoms with van der Waals surface area (Å²) in [7, 11) is 0. The third-order valence-corrected chi connectivity index (χ3v) is 4.99. The van der Waals surface area contributed by atoms with E-state index in [0.717, 1.165) is 32.5 Å². The van der Waals surface area contributed by atoms with E-state index in [-0.39, 0.29) is 12.2 Å². The molecule has 0 aromatic heterocycles. The van der Waals surface area contributed by atoms with Crippen LogP contribution in [0, 0.1) is 5.92 Å². The summed E-state index contributed by atoms with van der Waals surface area (Å²) in [5.41, 5.74) is 0.249. The Labute approximate surface area is 112 Å². The largest absolute Gasteiger partial charge is 0.311 e. The van der Waals surface area contributed by atoms with Crippen molar-refractivity contribution in [1.29, 1.82) is 0 Å². The van der Waals surface area contributed by atoms with Crippen molar-refractivity contribution in [2.45, 2.75) is 65.0 Å². The number of halogens is 1. The minimum absolute atomic E-state index is 0.193. The summed E-state index contributed by atoms with van der Waals surface area (Å²) >= 11 is 0. The molecule has 1 heterocycles. The molecule has 2 unspecified atom stereocenters. The topological polar surface area (TPSA) is 15.3 Å². The molecular formula is C15H31FN2. The van der Waals surface area contributed by atoms with E-state index in [4.69, 9.17) is 0 Å². The predicted octanol–water partition coefficient (Wildman–Crippen LogP) is 3.22. The van der Waals surface area contributed by atoms with Gasteiger partial charge in [0.15, 0.2) is 0 Å². The molecule has 0 spiro atoms. The maximum absolute atomic E-state index is 12.5. The van der Waals surface area contributed by atoms with E-state index in [2.05, 4.69) is 37.9 Å². The van der Waals surface area contributed by atoms with E-state index >= 15 is 0 Å². The minimum atomic E-state index is -0.193. The third-order valence-electron chi connectivity index (χ3n) is 4.99. The first-order chi connectivity index (χ1) is 8.63. The Balaban J connectivity index is 2.71. The Morgan fingerprint density at radius 3 is 2.50 bits per heavy atom. The first-order valence-electron chi connectivity index (χ1n) is 7.67. The van der Waals surface area contributed by atoms with Crippen LogP contribution in [0.15, 0.2) is 0 Å². The first-order valence-corrected chi connectivity index (χ1v) is 7.67. The van der Waals surface area contributed by atoms with Crippen LogP contribution in [-0.4, -0.2) is 42.8 Å². The number of nitrogens with one attached hydrogen (secondary N) is 1. The Morgan fingerprint density at radius 1 is 1.33 bits per heavy atom. The van der Waals surface area contributed by atoms with Crippen LogP contribution in [-0.2, 0) is 0 Å². The molecule has 1 aliphatic rings. The zero-order valence-electron chi connectivity index (χ0n) is 12.6. The van der Waals surface area contributed by atoms with Crippen LogP contribution in [0.25, 0.3) is 0 Å². The molecule has 2 nitrogen and oxygen atoms in total. The van der Waals surface area contributed by atoms with Crippen LogP contribution in [0.2, 0.25) is 0 Å². The molecule has 1 saturated heterocycles. The summed E-state index contributed by atoms with van der Waals surface area (Å²) in [5, 5.41) is 3.73. The number of hydrogen-bond donors (Lipinski definition) is 1. The quantitative estimate of drug-likeness (QED) is 0.754.